The van der Waals surface area contributed by atoms with Gasteiger partial charge in [0.2, 0.25) is 0 Å². The number of aromatic amines is 1. The van der Waals surface area contributed by atoms with Gasteiger partial charge >= 0.3 is 0 Å². The van der Waals surface area contributed by atoms with Crippen LogP contribution in [0, 0.1) is 11.7 Å². The fourth-order valence-electron chi connectivity index (χ4n) is 4.58. The van der Waals surface area contributed by atoms with Crippen LogP contribution in [0.15, 0.2) is 61.1 Å². The maximum atomic E-state index is 13.8. The lowest BCUT2D eigenvalue weighted by Gasteiger charge is -2.40. The lowest BCUT2D eigenvalue weighted by Crippen LogP contribution is -2.50. The third kappa shape index (κ3) is 4.01. The topological polar surface area (TPSA) is 83.1 Å². The Morgan fingerprint density at radius 1 is 1.21 bits per heavy atom. The van der Waals surface area contributed by atoms with Crippen LogP contribution in [0.25, 0.3) is 22.0 Å². The van der Waals surface area contributed by atoms with E-state index in [4.69, 9.17) is 4.74 Å². The number of aromatic nitrogens is 3. The van der Waals surface area contributed by atoms with E-state index in [1.807, 2.05) is 32.3 Å². The molecule has 7 nitrogen and oxygen atoms in total. The standard InChI is InChI=1S/C26H26FN5O2/c1-3-34-23-10-17(7-8-21(23)16-5-4-6-20(27)9-16)26(33)32(2)25(19-12-28-13-19)22-15-29-11-18-14-30-31-24(18)22/h4-11,14-15,19,25,28H,3,12-13H2,1-2H3,(H,30,31)/t25-/m0/s1. The molecule has 174 valence electrons. The summed E-state index contributed by atoms with van der Waals surface area (Å²) in [6, 6.07) is 11.5. The summed E-state index contributed by atoms with van der Waals surface area (Å²) in [6.07, 6.45) is 5.31. The highest BCUT2D eigenvalue weighted by atomic mass is 19.1. The first-order chi connectivity index (χ1) is 16.6. The van der Waals surface area contributed by atoms with Crippen molar-refractivity contribution in [2.75, 3.05) is 26.7 Å². The van der Waals surface area contributed by atoms with Crippen LogP contribution in [-0.2, 0) is 0 Å². The second-order valence-electron chi connectivity index (χ2n) is 8.50. The summed E-state index contributed by atoms with van der Waals surface area (Å²) in [5, 5.41) is 11.4. The van der Waals surface area contributed by atoms with Crippen LogP contribution in [0.2, 0.25) is 0 Å². The van der Waals surface area contributed by atoms with E-state index < -0.39 is 0 Å². The lowest BCUT2D eigenvalue weighted by atomic mass is 9.87. The Labute approximate surface area is 197 Å². The summed E-state index contributed by atoms with van der Waals surface area (Å²) >= 11 is 0. The molecule has 0 bridgehead atoms. The van der Waals surface area contributed by atoms with Gasteiger partial charge in [-0.1, -0.05) is 12.1 Å². The SMILES string of the molecule is CCOc1cc(C(=O)N(C)[C@H](c2cncc3cn[nH]c23)C2CNC2)ccc1-c1cccc(F)c1. The van der Waals surface area contributed by atoms with Gasteiger partial charge in [0.05, 0.1) is 24.4 Å². The summed E-state index contributed by atoms with van der Waals surface area (Å²) in [7, 11) is 1.82. The van der Waals surface area contributed by atoms with Gasteiger partial charge in [0.1, 0.15) is 11.6 Å². The molecule has 0 aliphatic carbocycles. The Morgan fingerprint density at radius 2 is 2.06 bits per heavy atom. The number of fused-ring (bicyclic) bond motifs is 1. The molecule has 0 radical (unpaired) electrons. The third-order valence-corrected chi connectivity index (χ3v) is 6.36. The molecule has 0 spiro atoms. The number of benzene rings is 2. The van der Waals surface area contributed by atoms with Crippen LogP contribution in [0.1, 0.15) is 28.9 Å². The summed E-state index contributed by atoms with van der Waals surface area (Å²) < 4.78 is 19.7. The van der Waals surface area contributed by atoms with Gasteiger partial charge in [-0.15, -0.1) is 0 Å². The highest BCUT2D eigenvalue weighted by Gasteiger charge is 2.35. The fraction of sp³-hybridized carbons (Fsp3) is 0.269. The Bertz CT molecular complexity index is 1330. The van der Waals surface area contributed by atoms with Gasteiger partial charge in [-0.05, 0) is 42.8 Å². The number of nitrogens with zero attached hydrogens (tertiary/aromatic N) is 3. The van der Waals surface area contributed by atoms with Crippen molar-refractivity contribution in [2.24, 2.45) is 5.92 Å². The van der Waals surface area contributed by atoms with Gasteiger partial charge in [-0.25, -0.2) is 4.39 Å². The Hall–Kier alpha value is -3.78. The van der Waals surface area contributed by atoms with E-state index >= 15 is 0 Å². The summed E-state index contributed by atoms with van der Waals surface area (Å²) in [6.45, 7) is 3.94. The van der Waals surface area contributed by atoms with Gasteiger partial charge in [-0.2, -0.15) is 5.10 Å². The van der Waals surface area contributed by atoms with Crippen LogP contribution in [0.3, 0.4) is 0 Å². The predicted octanol–water partition coefficient (Wildman–Crippen LogP) is 4.20. The Morgan fingerprint density at radius 3 is 2.79 bits per heavy atom. The van der Waals surface area contributed by atoms with Crippen LogP contribution < -0.4 is 10.1 Å². The zero-order valence-electron chi connectivity index (χ0n) is 19.1. The normalized spacial score (nSPS) is 14.6. The van der Waals surface area contributed by atoms with Gasteiger partial charge in [0.15, 0.2) is 0 Å². The quantitative estimate of drug-likeness (QED) is 0.433. The van der Waals surface area contributed by atoms with Crippen molar-refractivity contribution >= 4 is 16.8 Å². The number of nitrogens with one attached hydrogen (secondary N) is 2. The van der Waals surface area contributed by atoms with Gasteiger partial charge in [0.25, 0.3) is 5.91 Å². The minimum Gasteiger partial charge on any atom is -0.493 e. The first kappa shape index (κ1) is 22.0. The first-order valence-corrected chi connectivity index (χ1v) is 11.3. The molecule has 8 heteroatoms. The number of hydrogen-bond acceptors (Lipinski definition) is 5. The van der Waals surface area contributed by atoms with Crippen molar-refractivity contribution in [1.82, 2.24) is 25.4 Å². The number of H-pyrrole nitrogens is 1. The fourth-order valence-corrected chi connectivity index (χ4v) is 4.58. The van der Waals surface area contributed by atoms with E-state index in [-0.39, 0.29) is 23.7 Å². The second kappa shape index (κ2) is 9.23. The van der Waals surface area contributed by atoms with E-state index in [1.54, 1.807) is 35.5 Å². The van der Waals surface area contributed by atoms with Crippen LogP contribution >= 0.6 is 0 Å². The molecule has 1 amide bonds. The molecule has 34 heavy (non-hydrogen) atoms. The molecule has 2 aromatic carbocycles. The first-order valence-electron chi connectivity index (χ1n) is 11.3. The number of amides is 1. The Kier molecular flexibility index (Phi) is 5.98. The molecule has 1 atom stereocenters. The number of halogens is 1. The molecule has 2 N–H and O–H groups in total. The number of pyridine rings is 1. The highest BCUT2D eigenvalue weighted by Crippen LogP contribution is 2.36. The smallest absolute Gasteiger partial charge is 0.254 e. The molecule has 1 saturated heterocycles. The zero-order valence-corrected chi connectivity index (χ0v) is 19.1. The highest BCUT2D eigenvalue weighted by molar-refractivity contribution is 5.96. The van der Waals surface area contributed by atoms with Crippen molar-refractivity contribution in [3.05, 3.63) is 78.0 Å². The van der Waals surface area contributed by atoms with Crippen LogP contribution in [0.5, 0.6) is 5.75 Å². The number of carbonyl (C=O) groups is 1. The lowest BCUT2D eigenvalue weighted by molar-refractivity contribution is 0.0626. The Balaban J connectivity index is 1.51. The maximum Gasteiger partial charge on any atom is 0.254 e. The number of ether oxygens (including phenoxy) is 1. The van der Waals surface area contributed by atoms with Crippen LogP contribution in [0.4, 0.5) is 4.39 Å². The van der Waals surface area contributed by atoms with Crippen LogP contribution in [-0.4, -0.2) is 52.7 Å². The van der Waals surface area contributed by atoms with Crippen molar-refractivity contribution < 1.29 is 13.9 Å². The van der Waals surface area contributed by atoms with Crippen molar-refractivity contribution in [3.8, 4) is 16.9 Å². The molecule has 0 saturated carbocycles. The molecular weight excluding hydrogens is 433 g/mol. The molecule has 0 unspecified atom stereocenters. The number of hydrogen-bond donors (Lipinski definition) is 2. The molecule has 4 aromatic rings. The summed E-state index contributed by atoms with van der Waals surface area (Å²) in [5.74, 6) is 0.354. The largest absolute Gasteiger partial charge is 0.493 e. The minimum absolute atomic E-state index is 0.125. The van der Waals surface area contributed by atoms with E-state index in [9.17, 15) is 9.18 Å². The maximum absolute atomic E-state index is 13.8. The van der Waals surface area contributed by atoms with E-state index in [1.165, 1.54) is 12.1 Å². The molecule has 1 fully saturated rings. The van der Waals surface area contributed by atoms with Crippen molar-refractivity contribution in [2.45, 2.75) is 13.0 Å². The van der Waals surface area contributed by atoms with Gasteiger partial charge in [0, 0.05) is 60.5 Å². The van der Waals surface area contributed by atoms with Crippen molar-refractivity contribution in [1.29, 1.82) is 0 Å². The molecule has 2 aromatic heterocycles. The average molecular weight is 460 g/mol. The van der Waals surface area contributed by atoms with E-state index in [0.29, 0.717) is 23.5 Å². The van der Waals surface area contributed by atoms with E-state index in [2.05, 4.69) is 20.5 Å². The number of rotatable bonds is 7. The third-order valence-electron chi connectivity index (χ3n) is 6.36. The van der Waals surface area contributed by atoms with Crippen molar-refractivity contribution in [3.63, 3.8) is 0 Å². The van der Waals surface area contributed by atoms with E-state index in [0.717, 1.165) is 35.1 Å². The molecule has 5 rings (SSSR count). The monoisotopic (exact) mass is 459 g/mol. The van der Waals surface area contributed by atoms with Gasteiger partial charge < -0.3 is 15.0 Å². The summed E-state index contributed by atoms with van der Waals surface area (Å²) in [4.78, 5) is 19.8. The molecule has 1 aliphatic heterocycles. The summed E-state index contributed by atoms with van der Waals surface area (Å²) in [5.41, 5.74) is 3.79. The minimum atomic E-state index is -0.321. The molecule has 3 heterocycles. The number of carbonyl (C=O) groups excluding carboxylic acids is 1. The molecule has 1 aliphatic rings. The average Bonchev–Trinajstić information content (AvgIpc) is 3.30. The molecular formula is C26H26FN5O2. The second-order valence-corrected chi connectivity index (χ2v) is 8.50. The zero-order chi connectivity index (χ0) is 23.7. The van der Waals surface area contributed by atoms with Gasteiger partial charge in [-0.3, -0.25) is 14.9 Å². The predicted molar refractivity (Wildman–Crippen MR) is 128 cm³/mol.